The maximum Gasteiger partial charge on any atom is 0.307 e. The van der Waals surface area contributed by atoms with Gasteiger partial charge in [0.2, 0.25) is 0 Å². The van der Waals surface area contributed by atoms with Gasteiger partial charge in [0.1, 0.15) is 0 Å². The maximum absolute atomic E-state index is 10.8. The van der Waals surface area contributed by atoms with E-state index in [2.05, 4.69) is 12.2 Å². The van der Waals surface area contributed by atoms with Crippen molar-refractivity contribution >= 4 is 5.97 Å². The first-order chi connectivity index (χ1) is 7.00. The van der Waals surface area contributed by atoms with Gasteiger partial charge in [-0.05, 0) is 25.7 Å². The fourth-order valence-electron chi connectivity index (χ4n) is 2.32. The molecule has 4 unspecified atom stereocenters. The third kappa shape index (κ3) is 3.82. The number of nitrogens with one attached hydrogen (secondary N) is 1. The molecule has 1 rings (SSSR count). The van der Waals surface area contributed by atoms with E-state index in [1.807, 2.05) is 6.92 Å². The van der Waals surface area contributed by atoms with Gasteiger partial charge in [-0.15, -0.1) is 0 Å². The van der Waals surface area contributed by atoms with Gasteiger partial charge in [0.25, 0.3) is 0 Å². The molecule has 88 valence electrons. The van der Waals surface area contributed by atoms with E-state index in [9.17, 15) is 4.79 Å². The number of carboxylic acid groups (broad SMARTS) is 1. The van der Waals surface area contributed by atoms with Crippen molar-refractivity contribution < 1.29 is 9.90 Å². The van der Waals surface area contributed by atoms with Crippen LogP contribution in [0.2, 0.25) is 0 Å². The Labute approximate surface area is 92.3 Å². The maximum atomic E-state index is 10.8. The van der Waals surface area contributed by atoms with Crippen LogP contribution in [0.15, 0.2) is 0 Å². The van der Waals surface area contributed by atoms with Crippen LogP contribution in [0.3, 0.4) is 0 Å². The van der Waals surface area contributed by atoms with E-state index in [1.165, 1.54) is 25.7 Å². The van der Waals surface area contributed by atoms with Gasteiger partial charge in [-0.2, -0.15) is 0 Å². The van der Waals surface area contributed by atoms with Crippen molar-refractivity contribution in [3.05, 3.63) is 0 Å². The molecule has 3 heteroatoms. The molecule has 1 aliphatic carbocycles. The van der Waals surface area contributed by atoms with Gasteiger partial charge in [0.15, 0.2) is 0 Å². The van der Waals surface area contributed by atoms with Crippen molar-refractivity contribution in [1.82, 2.24) is 5.32 Å². The van der Waals surface area contributed by atoms with Gasteiger partial charge in [-0.25, -0.2) is 0 Å². The predicted octanol–water partition coefficient (Wildman–Crippen LogP) is 2.26. The summed E-state index contributed by atoms with van der Waals surface area (Å²) in [6.45, 7) is 6.02. The Kier molecular flexibility index (Phi) is 4.58. The summed E-state index contributed by atoms with van der Waals surface area (Å²) in [6.07, 6.45) is 4.98. The zero-order valence-electron chi connectivity index (χ0n) is 9.99. The predicted molar refractivity (Wildman–Crippen MR) is 60.8 cm³/mol. The quantitative estimate of drug-likeness (QED) is 0.753. The lowest BCUT2D eigenvalue weighted by molar-refractivity contribution is -0.142. The highest BCUT2D eigenvalue weighted by Gasteiger charge is 2.24. The van der Waals surface area contributed by atoms with Crippen LogP contribution in [0.5, 0.6) is 0 Å². The molecule has 4 atom stereocenters. The highest BCUT2D eigenvalue weighted by molar-refractivity contribution is 5.70. The average Bonchev–Trinajstić information content (AvgIpc) is 2.16. The minimum absolute atomic E-state index is 0.0674. The van der Waals surface area contributed by atoms with E-state index < -0.39 is 5.97 Å². The minimum Gasteiger partial charge on any atom is -0.481 e. The Morgan fingerprint density at radius 3 is 2.60 bits per heavy atom. The van der Waals surface area contributed by atoms with Gasteiger partial charge >= 0.3 is 5.97 Å². The number of hydrogen-bond donors (Lipinski definition) is 2. The molecule has 0 heterocycles. The number of carboxylic acids is 1. The van der Waals surface area contributed by atoms with E-state index in [-0.39, 0.29) is 12.0 Å². The molecular formula is C12H23NO2. The van der Waals surface area contributed by atoms with Crippen LogP contribution >= 0.6 is 0 Å². The SMILES string of the molecule is CC1CCCC(NC(C)C(C)C(=O)O)C1. The highest BCUT2D eigenvalue weighted by atomic mass is 16.4. The second-order valence-corrected chi connectivity index (χ2v) is 5.05. The molecule has 15 heavy (non-hydrogen) atoms. The third-order valence-electron chi connectivity index (χ3n) is 3.57. The zero-order chi connectivity index (χ0) is 11.4. The van der Waals surface area contributed by atoms with Gasteiger partial charge in [-0.1, -0.05) is 26.7 Å². The first-order valence-corrected chi connectivity index (χ1v) is 5.99. The Morgan fingerprint density at radius 1 is 1.40 bits per heavy atom. The fraction of sp³-hybridized carbons (Fsp3) is 0.917. The van der Waals surface area contributed by atoms with E-state index >= 15 is 0 Å². The van der Waals surface area contributed by atoms with Crippen LogP contribution in [0.25, 0.3) is 0 Å². The molecule has 0 spiro atoms. The summed E-state index contributed by atoms with van der Waals surface area (Å²) in [5.74, 6) is -0.232. The van der Waals surface area contributed by atoms with Crippen LogP contribution in [0.1, 0.15) is 46.5 Å². The van der Waals surface area contributed by atoms with Gasteiger partial charge in [-0.3, -0.25) is 4.79 Å². The monoisotopic (exact) mass is 213 g/mol. The summed E-state index contributed by atoms with van der Waals surface area (Å²) in [7, 11) is 0. The normalized spacial score (nSPS) is 30.9. The van der Waals surface area contributed by atoms with Crippen molar-refractivity contribution in [2.24, 2.45) is 11.8 Å². The van der Waals surface area contributed by atoms with Crippen LogP contribution < -0.4 is 5.32 Å². The van der Waals surface area contributed by atoms with E-state index in [0.717, 1.165) is 5.92 Å². The second-order valence-electron chi connectivity index (χ2n) is 5.05. The molecule has 0 aromatic rings. The van der Waals surface area contributed by atoms with Gasteiger partial charge in [0, 0.05) is 12.1 Å². The molecule has 1 fully saturated rings. The molecule has 2 N–H and O–H groups in total. The summed E-state index contributed by atoms with van der Waals surface area (Å²) in [5.41, 5.74) is 0. The summed E-state index contributed by atoms with van der Waals surface area (Å²) >= 11 is 0. The average molecular weight is 213 g/mol. The van der Waals surface area contributed by atoms with Crippen molar-refractivity contribution in [3.63, 3.8) is 0 Å². The topological polar surface area (TPSA) is 49.3 Å². The van der Waals surface area contributed by atoms with Crippen LogP contribution in [0.4, 0.5) is 0 Å². The molecule has 0 saturated heterocycles. The molecule has 1 aliphatic rings. The number of carbonyl (C=O) groups is 1. The molecule has 0 aromatic heterocycles. The van der Waals surface area contributed by atoms with Crippen LogP contribution in [-0.4, -0.2) is 23.2 Å². The summed E-state index contributed by atoms with van der Waals surface area (Å²) in [4.78, 5) is 10.8. The summed E-state index contributed by atoms with van der Waals surface area (Å²) in [6, 6.07) is 0.586. The molecular weight excluding hydrogens is 190 g/mol. The standard InChI is InChI=1S/C12H23NO2/c1-8-5-4-6-11(7-8)13-10(3)9(2)12(14)15/h8-11,13H,4-7H2,1-3H3,(H,14,15). The fourth-order valence-corrected chi connectivity index (χ4v) is 2.32. The smallest absolute Gasteiger partial charge is 0.307 e. The van der Waals surface area contributed by atoms with Gasteiger partial charge < -0.3 is 10.4 Å². The second kappa shape index (κ2) is 5.50. The van der Waals surface area contributed by atoms with Crippen molar-refractivity contribution in [1.29, 1.82) is 0 Å². The molecule has 0 amide bonds. The molecule has 0 aromatic carbocycles. The Bertz CT molecular complexity index is 218. The Balaban J connectivity index is 2.36. The molecule has 0 radical (unpaired) electrons. The Morgan fingerprint density at radius 2 is 2.07 bits per heavy atom. The zero-order valence-corrected chi connectivity index (χ0v) is 9.99. The number of rotatable bonds is 4. The minimum atomic E-state index is -0.709. The Hall–Kier alpha value is -0.570. The van der Waals surface area contributed by atoms with Crippen molar-refractivity contribution in [2.45, 2.75) is 58.5 Å². The van der Waals surface area contributed by atoms with Crippen molar-refractivity contribution in [2.75, 3.05) is 0 Å². The number of hydrogen-bond acceptors (Lipinski definition) is 2. The number of aliphatic carboxylic acids is 1. The summed E-state index contributed by atoms with van der Waals surface area (Å²) in [5, 5.41) is 12.3. The molecule has 0 bridgehead atoms. The third-order valence-corrected chi connectivity index (χ3v) is 3.57. The van der Waals surface area contributed by atoms with E-state index in [1.54, 1.807) is 6.92 Å². The first-order valence-electron chi connectivity index (χ1n) is 5.99. The lowest BCUT2D eigenvalue weighted by Crippen LogP contribution is -2.44. The lowest BCUT2D eigenvalue weighted by atomic mass is 9.86. The van der Waals surface area contributed by atoms with Crippen LogP contribution in [0, 0.1) is 11.8 Å². The van der Waals surface area contributed by atoms with E-state index in [0.29, 0.717) is 6.04 Å². The molecule has 1 saturated carbocycles. The van der Waals surface area contributed by atoms with E-state index in [4.69, 9.17) is 5.11 Å². The molecule has 0 aliphatic heterocycles. The largest absolute Gasteiger partial charge is 0.481 e. The van der Waals surface area contributed by atoms with Crippen molar-refractivity contribution in [3.8, 4) is 0 Å². The summed E-state index contributed by atoms with van der Waals surface area (Å²) < 4.78 is 0. The van der Waals surface area contributed by atoms with Gasteiger partial charge in [0.05, 0.1) is 5.92 Å². The first kappa shape index (κ1) is 12.5. The highest BCUT2D eigenvalue weighted by Crippen LogP contribution is 2.24. The van der Waals surface area contributed by atoms with Crippen LogP contribution in [-0.2, 0) is 4.79 Å². The molecule has 3 nitrogen and oxygen atoms in total. The lowest BCUT2D eigenvalue weighted by Gasteiger charge is -2.31.